The smallest absolute Gasteiger partial charge is 0.211 e. The third kappa shape index (κ3) is 8.09. The molecule has 0 bridgehead atoms. The molecule has 0 N–H and O–H groups in total. The third-order valence-corrected chi connectivity index (χ3v) is 6.04. The molecule has 0 aromatic rings. The molecule has 0 rings (SSSR count). The largest absolute Gasteiger partial charge is 0.373 e. The fourth-order valence-corrected chi connectivity index (χ4v) is 4.29. The normalized spacial score (nSPS) is 18.3. The summed E-state index contributed by atoms with van der Waals surface area (Å²) in [6, 6.07) is 0. The molecule has 0 aliphatic rings. The van der Waals surface area contributed by atoms with E-state index in [2.05, 4.69) is 32.9 Å². The van der Waals surface area contributed by atoms with Crippen molar-refractivity contribution in [1.82, 2.24) is 4.31 Å². The van der Waals surface area contributed by atoms with Gasteiger partial charge in [0.05, 0.1) is 18.5 Å². The van der Waals surface area contributed by atoms with E-state index in [9.17, 15) is 8.42 Å². The first kappa shape index (κ1) is 22.1. The molecule has 0 aliphatic heterocycles. The Bertz CT molecular complexity index is 473. The van der Waals surface area contributed by atoms with Gasteiger partial charge >= 0.3 is 0 Å². The van der Waals surface area contributed by atoms with Crippen molar-refractivity contribution in [2.24, 2.45) is 5.41 Å². The van der Waals surface area contributed by atoms with Crippen LogP contribution < -0.4 is 0 Å². The van der Waals surface area contributed by atoms with Gasteiger partial charge in [0, 0.05) is 17.8 Å². The molecule has 134 valence electrons. The number of hydrogen-bond acceptors (Lipinski definition) is 3. The molecule has 0 radical (unpaired) electrons. The first-order valence-corrected chi connectivity index (χ1v) is 11.4. The maximum absolute atomic E-state index is 12.1. The van der Waals surface area contributed by atoms with E-state index in [0.29, 0.717) is 6.54 Å². The molecule has 3 atom stereocenters. The zero-order valence-corrected chi connectivity index (χ0v) is 17.4. The van der Waals surface area contributed by atoms with Crippen LogP contribution in [-0.2, 0) is 14.8 Å². The van der Waals surface area contributed by atoms with Crippen molar-refractivity contribution in [3.05, 3.63) is 0 Å². The van der Waals surface area contributed by atoms with E-state index >= 15 is 0 Å². The highest BCUT2D eigenvalue weighted by Gasteiger charge is 2.33. The quantitative estimate of drug-likeness (QED) is 0.660. The number of rotatable bonds is 7. The summed E-state index contributed by atoms with van der Waals surface area (Å²) in [6.07, 6.45) is 3.22. The van der Waals surface area contributed by atoms with Gasteiger partial charge in [-0.25, -0.2) is 8.42 Å². The molecule has 0 aliphatic carbocycles. The third-order valence-electron chi connectivity index (χ3n) is 3.60. The van der Waals surface area contributed by atoms with Crippen LogP contribution in [0.2, 0.25) is 0 Å². The van der Waals surface area contributed by atoms with Gasteiger partial charge in [0.15, 0.2) is 0 Å². The van der Waals surface area contributed by atoms with Crippen LogP contribution >= 0.6 is 10.5 Å². The predicted octanol–water partition coefficient (Wildman–Crippen LogP) is 3.20. The van der Waals surface area contributed by atoms with Gasteiger partial charge < -0.3 is 4.74 Å². The molecule has 22 heavy (non-hydrogen) atoms. The van der Waals surface area contributed by atoms with E-state index in [4.69, 9.17) is 4.74 Å². The standard InChI is InChI=1S/C16H35NO3S2/c1-13(15(2,3)4)20-14(12-21(8)9)11-17(16(5,6)7)22(10,18)19/h13-14H,8,11-12H2,1-7,9-10H3/t13-,14+,21?/m1/s1. The lowest BCUT2D eigenvalue weighted by Crippen LogP contribution is -2.50. The molecule has 0 saturated carbocycles. The minimum absolute atomic E-state index is 0.0173. The van der Waals surface area contributed by atoms with Gasteiger partial charge in [-0.2, -0.15) is 14.8 Å². The highest BCUT2D eigenvalue weighted by molar-refractivity contribution is 8.13. The van der Waals surface area contributed by atoms with Crippen molar-refractivity contribution in [3.63, 3.8) is 0 Å². The molecule has 0 spiro atoms. The summed E-state index contributed by atoms with van der Waals surface area (Å²) >= 11 is 0. The Morgan fingerprint density at radius 3 is 1.91 bits per heavy atom. The van der Waals surface area contributed by atoms with Crippen molar-refractivity contribution in [1.29, 1.82) is 0 Å². The van der Waals surface area contributed by atoms with Crippen molar-refractivity contribution in [3.8, 4) is 0 Å². The Morgan fingerprint density at radius 2 is 1.64 bits per heavy atom. The Morgan fingerprint density at radius 1 is 1.18 bits per heavy atom. The molecule has 6 heteroatoms. The Hall–Kier alpha value is 0.0900. The van der Waals surface area contributed by atoms with E-state index in [1.54, 1.807) is 0 Å². The van der Waals surface area contributed by atoms with E-state index in [0.717, 1.165) is 5.75 Å². The molecule has 0 heterocycles. The van der Waals surface area contributed by atoms with Gasteiger partial charge in [0.2, 0.25) is 10.0 Å². The zero-order valence-electron chi connectivity index (χ0n) is 15.8. The average molecular weight is 354 g/mol. The summed E-state index contributed by atoms with van der Waals surface area (Å²) < 4.78 is 32.0. The van der Waals surface area contributed by atoms with Crippen LogP contribution in [0.15, 0.2) is 0 Å². The van der Waals surface area contributed by atoms with Crippen molar-refractivity contribution >= 4 is 26.4 Å². The lowest BCUT2D eigenvalue weighted by atomic mass is 9.90. The number of ether oxygens (including phenoxy) is 1. The summed E-state index contributed by atoms with van der Waals surface area (Å²) in [7, 11) is -3.34. The van der Waals surface area contributed by atoms with Gasteiger partial charge in [0.1, 0.15) is 0 Å². The molecule has 0 saturated heterocycles. The maximum Gasteiger partial charge on any atom is 0.211 e. The van der Waals surface area contributed by atoms with Crippen LogP contribution in [0.1, 0.15) is 48.5 Å². The fraction of sp³-hybridized carbons (Fsp3) is 0.938. The molecule has 0 fully saturated rings. The van der Waals surface area contributed by atoms with Gasteiger partial charge in [-0.1, -0.05) is 26.6 Å². The first-order chi connectivity index (χ1) is 9.55. The van der Waals surface area contributed by atoms with Crippen LogP contribution in [0.5, 0.6) is 0 Å². The molecule has 0 aromatic carbocycles. The summed E-state index contributed by atoms with van der Waals surface area (Å²) in [4.78, 5) is 0. The van der Waals surface area contributed by atoms with E-state index in [1.165, 1.54) is 10.6 Å². The maximum atomic E-state index is 12.1. The van der Waals surface area contributed by atoms with Crippen molar-refractivity contribution in [2.75, 3.05) is 24.8 Å². The van der Waals surface area contributed by atoms with E-state index in [-0.39, 0.29) is 28.1 Å². The first-order valence-electron chi connectivity index (χ1n) is 7.60. The Balaban J connectivity index is 5.31. The second-order valence-electron chi connectivity index (χ2n) is 8.18. The van der Waals surface area contributed by atoms with Gasteiger partial charge in [-0.3, -0.25) is 0 Å². The van der Waals surface area contributed by atoms with Gasteiger partial charge in [0.25, 0.3) is 0 Å². The predicted molar refractivity (Wildman–Crippen MR) is 101 cm³/mol. The number of nitrogens with zero attached hydrogens (tertiary/aromatic N) is 1. The summed E-state index contributed by atoms with van der Waals surface area (Å²) in [5.41, 5.74) is -0.447. The number of hydrogen-bond donors (Lipinski definition) is 0. The van der Waals surface area contributed by atoms with Gasteiger partial charge in [-0.15, -0.1) is 0 Å². The summed E-state index contributed by atoms with van der Waals surface area (Å²) in [5.74, 6) is 4.83. The van der Waals surface area contributed by atoms with Crippen LogP contribution in [0.3, 0.4) is 0 Å². The Kier molecular flexibility index (Phi) is 7.81. The lowest BCUT2D eigenvalue weighted by Gasteiger charge is -2.38. The zero-order chi connectivity index (χ0) is 17.9. The number of sulfonamides is 1. The lowest BCUT2D eigenvalue weighted by molar-refractivity contribution is -0.0549. The fourth-order valence-electron chi connectivity index (χ4n) is 2.04. The minimum Gasteiger partial charge on any atom is -0.373 e. The molecule has 0 aromatic heterocycles. The molecular formula is C16H35NO3S2. The SMILES string of the molecule is C=S(C)C[C@H](CN(C(C)(C)C)S(C)(=O)=O)O[C@H](C)C(C)(C)C. The topological polar surface area (TPSA) is 46.6 Å². The van der Waals surface area contributed by atoms with Crippen molar-refractivity contribution < 1.29 is 13.2 Å². The van der Waals surface area contributed by atoms with Crippen LogP contribution in [0.25, 0.3) is 0 Å². The van der Waals surface area contributed by atoms with Crippen LogP contribution in [-0.4, -0.2) is 61.1 Å². The van der Waals surface area contributed by atoms with Gasteiger partial charge in [-0.05, 0) is 39.4 Å². The molecule has 1 unspecified atom stereocenters. The van der Waals surface area contributed by atoms with Crippen LogP contribution in [0, 0.1) is 5.41 Å². The second kappa shape index (κ2) is 7.77. The molecule has 4 nitrogen and oxygen atoms in total. The molecule has 0 amide bonds. The second-order valence-corrected chi connectivity index (χ2v) is 12.0. The van der Waals surface area contributed by atoms with Crippen LogP contribution in [0.4, 0.5) is 0 Å². The highest BCUT2D eigenvalue weighted by Crippen LogP contribution is 2.26. The summed E-state index contributed by atoms with van der Waals surface area (Å²) in [5, 5.41) is 0. The van der Waals surface area contributed by atoms with E-state index in [1.807, 2.05) is 27.7 Å². The highest BCUT2D eigenvalue weighted by atomic mass is 32.2. The summed E-state index contributed by atoms with van der Waals surface area (Å²) in [6.45, 7) is 14.5. The Labute approximate surface area is 140 Å². The monoisotopic (exact) mass is 353 g/mol. The minimum atomic E-state index is -3.29. The van der Waals surface area contributed by atoms with Crippen molar-refractivity contribution in [2.45, 2.75) is 66.2 Å². The molecular weight excluding hydrogens is 318 g/mol. The van der Waals surface area contributed by atoms with E-state index < -0.39 is 15.6 Å². The average Bonchev–Trinajstić information content (AvgIpc) is 2.19.